The quantitative estimate of drug-likeness (QED) is 0.795. The van der Waals surface area contributed by atoms with Crippen LogP contribution in [-0.2, 0) is 11.3 Å². The van der Waals surface area contributed by atoms with E-state index < -0.39 is 0 Å². The number of nitrogens with two attached hydrogens (primary N) is 2. The molecule has 0 aromatic carbocycles. The second-order valence-electron chi connectivity index (χ2n) is 3.62. The number of amides is 1. The highest BCUT2D eigenvalue weighted by Gasteiger charge is 2.09. The van der Waals surface area contributed by atoms with Gasteiger partial charge in [0.25, 0.3) is 0 Å². The molecule has 0 radical (unpaired) electrons. The minimum atomic E-state index is -0.344. The number of nitrogens with zero attached hydrogens (tertiary/aromatic N) is 3. The molecular formula is C11H13N5O. The summed E-state index contributed by atoms with van der Waals surface area (Å²) in [6, 6.07) is 3.66. The fourth-order valence-electron chi connectivity index (χ4n) is 1.59. The lowest BCUT2D eigenvalue weighted by atomic mass is 10.2. The Kier molecular flexibility index (Phi) is 3.04. The highest BCUT2D eigenvalue weighted by atomic mass is 16.1. The fraction of sp³-hybridized carbons (Fsp3) is 0.182. The summed E-state index contributed by atoms with van der Waals surface area (Å²) in [6.45, 7) is 0.485. The molecule has 0 aliphatic heterocycles. The summed E-state index contributed by atoms with van der Waals surface area (Å²) in [7, 11) is 0. The van der Waals surface area contributed by atoms with Gasteiger partial charge in [0.05, 0.1) is 18.2 Å². The molecule has 0 saturated carbocycles. The maximum Gasteiger partial charge on any atom is 0.219 e. The van der Waals surface area contributed by atoms with Crippen LogP contribution in [-0.4, -0.2) is 20.4 Å². The van der Waals surface area contributed by atoms with Crippen molar-refractivity contribution in [1.29, 1.82) is 0 Å². The van der Waals surface area contributed by atoms with Gasteiger partial charge in [-0.3, -0.25) is 4.79 Å². The number of pyridine rings is 1. The van der Waals surface area contributed by atoms with Crippen molar-refractivity contribution in [3.63, 3.8) is 0 Å². The third kappa shape index (κ3) is 2.41. The fourth-order valence-corrected chi connectivity index (χ4v) is 1.59. The lowest BCUT2D eigenvalue weighted by Gasteiger charge is -2.08. The molecule has 4 N–H and O–H groups in total. The highest BCUT2D eigenvalue weighted by Crippen LogP contribution is 2.23. The number of aryl methyl sites for hydroxylation is 1. The van der Waals surface area contributed by atoms with Crippen molar-refractivity contribution < 1.29 is 4.79 Å². The van der Waals surface area contributed by atoms with Crippen molar-refractivity contribution in [2.75, 3.05) is 5.73 Å². The van der Waals surface area contributed by atoms with Gasteiger partial charge < -0.3 is 16.0 Å². The van der Waals surface area contributed by atoms with Crippen LogP contribution >= 0.6 is 0 Å². The number of imidazole rings is 1. The van der Waals surface area contributed by atoms with Crippen LogP contribution in [0.15, 0.2) is 30.9 Å². The van der Waals surface area contributed by atoms with Crippen LogP contribution in [0.25, 0.3) is 11.3 Å². The van der Waals surface area contributed by atoms with Crippen LogP contribution in [0.4, 0.5) is 5.82 Å². The van der Waals surface area contributed by atoms with E-state index in [-0.39, 0.29) is 12.3 Å². The number of hydrogen-bond donors (Lipinski definition) is 2. The van der Waals surface area contributed by atoms with Crippen LogP contribution in [0.5, 0.6) is 0 Å². The van der Waals surface area contributed by atoms with Crippen LogP contribution in [0, 0.1) is 0 Å². The second kappa shape index (κ2) is 4.65. The smallest absolute Gasteiger partial charge is 0.219 e. The molecule has 6 heteroatoms. The third-order valence-corrected chi connectivity index (χ3v) is 2.43. The molecule has 0 fully saturated rings. The van der Waals surface area contributed by atoms with Crippen molar-refractivity contribution in [3.05, 3.63) is 30.9 Å². The number of hydrogen-bond acceptors (Lipinski definition) is 4. The first kappa shape index (κ1) is 11.1. The molecule has 88 valence electrons. The van der Waals surface area contributed by atoms with Crippen molar-refractivity contribution in [3.8, 4) is 11.3 Å². The minimum absolute atomic E-state index is 0.267. The Labute approximate surface area is 98.3 Å². The number of carbonyl (C=O) groups is 1. The zero-order valence-electron chi connectivity index (χ0n) is 9.21. The Hall–Kier alpha value is -2.37. The monoisotopic (exact) mass is 231 g/mol. The third-order valence-electron chi connectivity index (χ3n) is 2.43. The van der Waals surface area contributed by atoms with Gasteiger partial charge in [-0.15, -0.1) is 0 Å². The number of aromatic nitrogens is 3. The second-order valence-corrected chi connectivity index (χ2v) is 3.62. The molecule has 2 rings (SSSR count). The van der Waals surface area contributed by atoms with Crippen molar-refractivity contribution >= 4 is 11.7 Å². The Balaban J connectivity index is 2.31. The normalized spacial score (nSPS) is 10.4. The summed E-state index contributed by atoms with van der Waals surface area (Å²) >= 11 is 0. The Morgan fingerprint density at radius 1 is 1.47 bits per heavy atom. The topological polar surface area (TPSA) is 99.8 Å². The van der Waals surface area contributed by atoms with Gasteiger partial charge >= 0.3 is 0 Å². The maximum atomic E-state index is 10.8. The molecule has 2 heterocycles. The maximum absolute atomic E-state index is 10.8. The van der Waals surface area contributed by atoms with Crippen LogP contribution in [0.3, 0.4) is 0 Å². The predicted molar refractivity (Wildman–Crippen MR) is 63.7 cm³/mol. The van der Waals surface area contributed by atoms with Gasteiger partial charge in [-0.05, 0) is 12.1 Å². The molecule has 1 amide bonds. The first-order chi connectivity index (χ1) is 8.18. The van der Waals surface area contributed by atoms with E-state index >= 15 is 0 Å². The SMILES string of the molecule is NC(=O)CCn1cncc1-c1cccnc1N. The molecule has 0 aliphatic carbocycles. The lowest BCUT2D eigenvalue weighted by Crippen LogP contribution is -2.14. The molecule has 2 aromatic heterocycles. The van der Waals surface area contributed by atoms with E-state index in [4.69, 9.17) is 11.5 Å². The van der Waals surface area contributed by atoms with Gasteiger partial charge in [-0.1, -0.05) is 0 Å². The molecule has 0 atom stereocenters. The Morgan fingerprint density at radius 2 is 2.29 bits per heavy atom. The van der Waals surface area contributed by atoms with Gasteiger partial charge in [-0.2, -0.15) is 0 Å². The van der Waals surface area contributed by atoms with E-state index in [1.54, 1.807) is 24.8 Å². The Morgan fingerprint density at radius 3 is 3.00 bits per heavy atom. The van der Waals surface area contributed by atoms with Gasteiger partial charge in [0.2, 0.25) is 5.91 Å². The lowest BCUT2D eigenvalue weighted by molar-refractivity contribution is -0.118. The largest absolute Gasteiger partial charge is 0.383 e. The van der Waals surface area contributed by atoms with Crippen molar-refractivity contribution in [1.82, 2.24) is 14.5 Å². The first-order valence-corrected chi connectivity index (χ1v) is 5.18. The molecule has 2 aromatic rings. The molecule has 6 nitrogen and oxygen atoms in total. The average Bonchev–Trinajstić information content (AvgIpc) is 2.75. The number of anilines is 1. The molecule has 0 saturated heterocycles. The predicted octanol–water partition coefficient (Wildman–Crippen LogP) is 0.403. The molecule has 0 spiro atoms. The Bertz CT molecular complexity index is 534. The van der Waals surface area contributed by atoms with E-state index in [1.165, 1.54) is 0 Å². The average molecular weight is 231 g/mol. The summed E-state index contributed by atoms with van der Waals surface area (Å²) in [5.74, 6) is 0.0946. The summed E-state index contributed by atoms with van der Waals surface area (Å²) in [4.78, 5) is 18.8. The summed E-state index contributed by atoms with van der Waals surface area (Å²) < 4.78 is 1.83. The van der Waals surface area contributed by atoms with Crippen LogP contribution in [0.2, 0.25) is 0 Å². The summed E-state index contributed by atoms with van der Waals surface area (Å²) in [6.07, 6.45) is 5.23. The number of rotatable bonds is 4. The number of primary amides is 1. The first-order valence-electron chi connectivity index (χ1n) is 5.18. The number of nitrogen functional groups attached to an aromatic ring is 1. The number of carbonyl (C=O) groups excluding carboxylic acids is 1. The van der Waals surface area contributed by atoms with Crippen molar-refractivity contribution in [2.45, 2.75) is 13.0 Å². The standard InChI is InChI=1S/C11H13N5O/c12-10(17)3-5-16-7-14-6-9(16)8-2-1-4-15-11(8)13/h1-2,4,6-7H,3,5H2,(H2,12,17)(H2,13,15). The molecule has 0 unspecified atom stereocenters. The molecule has 17 heavy (non-hydrogen) atoms. The zero-order chi connectivity index (χ0) is 12.3. The summed E-state index contributed by atoms with van der Waals surface area (Å²) in [5, 5.41) is 0. The van der Waals surface area contributed by atoms with Crippen LogP contribution < -0.4 is 11.5 Å². The molecular weight excluding hydrogens is 218 g/mol. The molecule has 0 aliphatic rings. The van der Waals surface area contributed by atoms with Gasteiger partial charge in [0, 0.05) is 24.7 Å². The van der Waals surface area contributed by atoms with Gasteiger partial charge in [0.15, 0.2) is 0 Å². The van der Waals surface area contributed by atoms with Crippen molar-refractivity contribution in [2.24, 2.45) is 5.73 Å². The van der Waals surface area contributed by atoms with E-state index in [1.807, 2.05) is 10.6 Å². The van der Waals surface area contributed by atoms with E-state index in [2.05, 4.69) is 9.97 Å². The zero-order valence-corrected chi connectivity index (χ0v) is 9.21. The van der Waals surface area contributed by atoms with E-state index in [9.17, 15) is 4.79 Å². The van der Waals surface area contributed by atoms with Gasteiger partial charge in [-0.25, -0.2) is 9.97 Å². The van der Waals surface area contributed by atoms with Crippen LogP contribution in [0.1, 0.15) is 6.42 Å². The van der Waals surface area contributed by atoms with Gasteiger partial charge in [0.1, 0.15) is 5.82 Å². The minimum Gasteiger partial charge on any atom is -0.383 e. The van der Waals surface area contributed by atoms with E-state index in [0.29, 0.717) is 12.4 Å². The van der Waals surface area contributed by atoms with E-state index in [0.717, 1.165) is 11.3 Å². The molecule has 0 bridgehead atoms. The summed E-state index contributed by atoms with van der Waals surface area (Å²) in [5.41, 5.74) is 12.5. The highest BCUT2D eigenvalue weighted by molar-refractivity contribution is 5.74.